The second kappa shape index (κ2) is 8.01. The van der Waals surface area contributed by atoms with Crippen LogP contribution in [0.3, 0.4) is 0 Å². The van der Waals surface area contributed by atoms with Crippen LogP contribution in [0.15, 0.2) is 77.7 Å². The minimum atomic E-state index is -4.43. The fraction of sp³-hybridized carbons (Fsp3) is 0.217. The Morgan fingerprint density at radius 3 is 2.23 bits per heavy atom. The molecule has 162 valence electrons. The van der Waals surface area contributed by atoms with Crippen molar-refractivity contribution >= 4 is 15.7 Å². The second-order valence-electron chi connectivity index (χ2n) is 7.64. The van der Waals surface area contributed by atoms with Crippen molar-refractivity contribution in [3.63, 3.8) is 0 Å². The number of fused-ring (bicyclic) bond motifs is 1. The van der Waals surface area contributed by atoms with E-state index in [1.54, 1.807) is 12.1 Å². The van der Waals surface area contributed by atoms with Gasteiger partial charge in [-0.2, -0.15) is 13.2 Å². The van der Waals surface area contributed by atoms with E-state index < -0.39 is 33.8 Å². The van der Waals surface area contributed by atoms with E-state index in [2.05, 4.69) is 10.0 Å². The number of hydrogen-bond donors (Lipinski definition) is 2. The zero-order chi connectivity index (χ0) is 22.2. The smallest absolute Gasteiger partial charge is 0.376 e. The van der Waals surface area contributed by atoms with Gasteiger partial charge < -0.3 is 5.32 Å². The molecule has 3 aromatic carbocycles. The Balaban J connectivity index is 1.68. The van der Waals surface area contributed by atoms with Crippen LogP contribution in [-0.2, 0) is 22.6 Å². The van der Waals surface area contributed by atoms with Crippen molar-refractivity contribution in [3.8, 4) is 0 Å². The SMILES string of the molecule is Cc1ccc(S(=O)(=O)N[C@@H]2Cc3ccccc3N[C@@H]2c2ccc(C(F)(F)F)cc2)cc1. The van der Waals surface area contributed by atoms with Crippen LogP contribution >= 0.6 is 0 Å². The molecule has 0 radical (unpaired) electrons. The molecule has 31 heavy (non-hydrogen) atoms. The molecule has 1 aliphatic rings. The Hall–Kier alpha value is -2.84. The maximum absolute atomic E-state index is 13.0. The molecule has 0 saturated carbocycles. The van der Waals surface area contributed by atoms with Gasteiger partial charge >= 0.3 is 6.18 Å². The molecule has 0 aromatic heterocycles. The van der Waals surface area contributed by atoms with Crippen molar-refractivity contribution < 1.29 is 21.6 Å². The molecule has 0 bridgehead atoms. The summed E-state index contributed by atoms with van der Waals surface area (Å²) in [6.07, 6.45) is -4.03. The minimum Gasteiger partial charge on any atom is -0.376 e. The third kappa shape index (κ3) is 4.60. The molecule has 2 N–H and O–H groups in total. The Morgan fingerprint density at radius 2 is 1.58 bits per heavy atom. The van der Waals surface area contributed by atoms with Crippen LogP contribution in [-0.4, -0.2) is 14.5 Å². The quantitative estimate of drug-likeness (QED) is 0.588. The highest BCUT2D eigenvalue weighted by Crippen LogP contribution is 2.35. The summed E-state index contributed by atoms with van der Waals surface area (Å²) in [6.45, 7) is 1.87. The maximum Gasteiger partial charge on any atom is 0.416 e. The highest BCUT2D eigenvalue weighted by molar-refractivity contribution is 7.89. The number of alkyl halides is 3. The molecule has 0 saturated heterocycles. The van der Waals surface area contributed by atoms with E-state index in [0.717, 1.165) is 28.9 Å². The Bertz CT molecular complexity index is 1170. The van der Waals surface area contributed by atoms with E-state index in [-0.39, 0.29) is 4.90 Å². The molecule has 1 heterocycles. The van der Waals surface area contributed by atoms with Crippen molar-refractivity contribution in [2.75, 3.05) is 5.32 Å². The van der Waals surface area contributed by atoms with Gasteiger partial charge in [-0.1, -0.05) is 48.0 Å². The fourth-order valence-electron chi connectivity index (χ4n) is 3.75. The van der Waals surface area contributed by atoms with E-state index in [1.807, 2.05) is 31.2 Å². The van der Waals surface area contributed by atoms with Gasteiger partial charge in [0.1, 0.15) is 0 Å². The highest BCUT2D eigenvalue weighted by atomic mass is 32.2. The number of benzene rings is 3. The summed E-state index contributed by atoms with van der Waals surface area (Å²) in [5.41, 5.74) is 2.53. The summed E-state index contributed by atoms with van der Waals surface area (Å²) in [5, 5.41) is 3.30. The van der Waals surface area contributed by atoms with Crippen molar-refractivity contribution in [3.05, 3.63) is 95.1 Å². The maximum atomic E-state index is 13.0. The molecule has 0 unspecified atom stereocenters. The van der Waals surface area contributed by atoms with Gasteiger partial charge in [0, 0.05) is 5.69 Å². The first-order chi connectivity index (χ1) is 14.6. The molecular weight excluding hydrogens is 425 g/mol. The van der Waals surface area contributed by atoms with E-state index in [4.69, 9.17) is 0 Å². The van der Waals surface area contributed by atoms with E-state index in [1.165, 1.54) is 24.3 Å². The summed E-state index contributed by atoms with van der Waals surface area (Å²) in [5.74, 6) is 0. The third-order valence-corrected chi connectivity index (χ3v) is 6.91. The van der Waals surface area contributed by atoms with Gasteiger partial charge in [-0.3, -0.25) is 0 Å². The van der Waals surface area contributed by atoms with Gasteiger partial charge in [0.15, 0.2) is 0 Å². The Labute approximate surface area is 179 Å². The predicted octanol–water partition coefficient (Wildman–Crippen LogP) is 5.07. The van der Waals surface area contributed by atoms with Crippen molar-refractivity contribution in [1.82, 2.24) is 4.72 Å². The molecule has 0 aliphatic carbocycles. The largest absolute Gasteiger partial charge is 0.416 e. The molecule has 4 rings (SSSR count). The monoisotopic (exact) mass is 446 g/mol. The van der Waals surface area contributed by atoms with Crippen molar-refractivity contribution in [1.29, 1.82) is 0 Å². The molecule has 2 atom stereocenters. The summed E-state index contributed by atoms with van der Waals surface area (Å²) < 4.78 is 67.7. The molecule has 4 nitrogen and oxygen atoms in total. The zero-order valence-corrected chi connectivity index (χ0v) is 17.5. The molecule has 3 aromatic rings. The van der Waals surface area contributed by atoms with Gasteiger partial charge in [0.2, 0.25) is 10.0 Å². The number of hydrogen-bond acceptors (Lipinski definition) is 3. The fourth-order valence-corrected chi connectivity index (χ4v) is 5.00. The number of para-hydroxylation sites is 1. The van der Waals surface area contributed by atoms with Crippen LogP contribution in [0.1, 0.15) is 28.3 Å². The number of rotatable bonds is 4. The lowest BCUT2D eigenvalue weighted by Crippen LogP contribution is -2.45. The Morgan fingerprint density at radius 1 is 0.935 bits per heavy atom. The predicted molar refractivity (Wildman–Crippen MR) is 113 cm³/mol. The van der Waals surface area contributed by atoms with Crippen LogP contribution in [0.2, 0.25) is 0 Å². The van der Waals surface area contributed by atoms with Gasteiger partial charge in [-0.25, -0.2) is 13.1 Å². The molecule has 0 fully saturated rings. The average molecular weight is 446 g/mol. The summed E-state index contributed by atoms with van der Waals surface area (Å²) in [7, 11) is -3.82. The lowest BCUT2D eigenvalue weighted by molar-refractivity contribution is -0.137. The van der Waals surface area contributed by atoms with Crippen molar-refractivity contribution in [2.24, 2.45) is 0 Å². The zero-order valence-electron chi connectivity index (χ0n) is 16.6. The second-order valence-corrected chi connectivity index (χ2v) is 9.36. The Kier molecular flexibility index (Phi) is 5.53. The topological polar surface area (TPSA) is 58.2 Å². The first-order valence-corrected chi connectivity index (χ1v) is 11.2. The number of anilines is 1. The molecule has 1 aliphatic heterocycles. The molecule has 0 spiro atoms. The first-order valence-electron chi connectivity index (χ1n) is 9.74. The van der Waals surface area contributed by atoms with E-state index in [9.17, 15) is 21.6 Å². The van der Waals surface area contributed by atoms with Crippen LogP contribution in [0, 0.1) is 6.92 Å². The minimum absolute atomic E-state index is 0.142. The standard InChI is InChI=1S/C23H21F3N2O2S/c1-15-6-12-19(13-7-15)31(29,30)28-21-14-17-4-2-3-5-20(17)27-22(21)16-8-10-18(11-9-16)23(24,25)26/h2-13,21-22,27-28H,14H2,1H3/t21-,22-/m1/s1. The first kappa shape index (κ1) is 21.4. The van der Waals surface area contributed by atoms with Gasteiger partial charge in [-0.15, -0.1) is 0 Å². The van der Waals surface area contributed by atoms with Crippen LogP contribution in [0.5, 0.6) is 0 Å². The molecule has 8 heteroatoms. The van der Waals surface area contributed by atoms with Crippen LogP contribution in [0.25, 0.3) is 0 Å². The lowest BCUT2D eigenvalue weighted by Gasteiger charge is -2.35. The number of sulfonamides is 1. The van der Waals surface area contributed by atoms with Crippen molar-refractivity contribution in [2.45, 2.75) is 36.5 Å². The summed E-state index contributed by atoms with van der Waals surface area (Å²) >= 11 is 0. The normalized spacial score (nSPS) is 18.8. The van der Waals surface area contributed by atoms with Gasteiger partial charge in [0.25, 0.3) is 0 Å². The van der Waals surface area contributed by atoms with Crippen LogP contribution in [0.4, 0.5) is 18.9 Å². The van der Waals surface area contributed by atoms with Gasteiger partial charge in [0.05, 0.1) is 22.5 Å². The summed E-state index contributed by atoms with van der Waals surface area (Å²) in [4.78, 5) is 0.142. The molecular formula is C23H21F3N2O2S. The third-order valence-electron chi connectivity index (χ3n) is 5.41. The molecule has 0 amide bonds. The lowest BCUT2D eigenvalue weighted by atomic mass is 9.89. The van der Waals surface area contributed by atoms with E-state index in [0.29, 0.717) is 12.0 Å². The highest BCUT2D eigenvalue weighted by Gasteiger charge is 2.34. The number of nitrogens with one attached hydrogen (secondary N) is 2. The van der Waals surface area contributed by atoms with Crippen LogP contribution < -0.4 is 10.0 Å². The summed E-state index contributed by atoms with van der Waals surface area (Å²) in [6, 6.07) is 17.7. The van der Waals surface area contributed by atoms with Gasteiger partial charge in [-0.05, 0) is 54.8 Å². The number of halogens is 3. The number of aryl methyl sites for hydroxylation is 1. The van der Waals surface area contributed by atoms with E-state index >= 15 is 0 Å². The average Bonchev–Trinajstić information content (AvgIpc) is 2.73.